The first-order valence-electron chi connectivity index (χ1n) is 7.02. The molecule has 4 nitrogen and oxygen atoms in total. The fourth-order valence-electron chi connectivity index (χ4n) is 2.32. The van der Waals surface area contributed by atoms with Crippen LogP contribution in [0.2, 0.25) is 0 Å². The van der Waals surface area contributed by atoms with Crippen LogP contribution in [0, 0.1) is 17.0 Å². The second kappa shape index (κ2) is 6.95. The van der Waals surface area contributed by atoms with Crippen molar-refractivity contribution in [2.45, 2.75) is 19.8 Å². The zero-order chi connectivity index (χ0) is 15.3. The number of hydrogen-bond acceptors (Lipinski definition) is 3. The standard InChI is InChI=1S/C15H20F2N2O2/c1-15(5-7-21-8-6-15)10-18-9-13(20)19-14-11(16)3-2-4-12(14)17/h2-4,18H,5-10H2,1H3,(H,19,20). The van der Waals surface area contributed by atoms with Gasteiger partial charge in [0.1, 0.15) is 17.3 Å². The van der Waals surface area contributed by atoms with Gasteiger partial charge >= 0.3 is 0 Å². The Bertz CT molecular complexity index is 482. The van der Waals surface area contributed by atoms with Crippen molar-refractivity contribution >= 4 is 11.6 Å². The van der Waals surface area contributed by atoms with E-state index in [0.29, 0.717) is 6.54 Å². The van der Waals surface area contributed by atoms with Gasteiger partial charge in [-0.1, -0.05) is 13.0 Å². The van der Waals surface area contributed by atoms with E-state index in [9.17, 15) is 13.6 Å². The van der Waals surface area contributed by atoms with E-state index in [2.05, 4.69) is 17.6 Å². The quantitative estimate of drug-likeness (QED) is 0.877. The third-order valence-corrected chi connectivity index (χ3v) is 3.76. The van der Waals surface area contributed by atoms with Crippen LogP contribution in [0.5, 0.6) is 0 Å². The molecule has 1 aromatic carbocycles. The van der Waals surface area contributed by atoms with Crippen LogP contribution in [0.25, 0.3) is 0 Å². The number of ether oxygens (including phenoxy) is 1. The molecule has 0 radical (unpaired) electrons. The lowest BCUT2D eigenvalue weighted by molar-refractivity contribution is -0.115. The monoisotopic (exact) mass is 298 g/mol. The van der Waals surface area contributed by atoms with Gasteiger partial charge in [-0.2, -0.15) is 0 Å². The van der Waals surface area contributed by atoms with Gasteiger partial charge in [0, 0.05) is 19.8 Å². The Morgan fingerprint density at radius 2 is 1.90 bits per heavy atom. The molecule has 0 bridgehead atoms. The maximum absolute atomic E-state index is 13.4. The second-order valence-corrected chi connectivity index (χ2v) is 5.67. The molecule has 2 rings (SSSR count). The van der Waals surface area contributed by atoms with Gasteiger partial charge in [-0.3, -0.25) is 4.79 Å². The summed E-state index contributed by atoms with van der Waals surface area (Å²) in [5, 5.41) is 5.29. The van der Waals surface area contributed by atoms with E-state index in [-0.39, 0.29) is 12.0 Å². The molecule has 0 atom stereocenters. The van der Waals surface area contributed by atoms with E-state index >= 15 is 0 Å². The number of halogens is 2. The number of carbonyl (C=O) groups excluding carboxylic acids is 1. The normalized spacial score (nSPS) is 17.5. The molecule has 116 valence electrons. The Morgan fingerprint density at radius 1 is 1.29 bits per heavy atom. The number of para-hydroxylation sites is 1. The van der Waals surface area contributed by atoms with Crippen LogP contribution in [-0.4, -0.2) is 32.2 Å². The Morgan fingerprint density at radius 3 is 2.52 bits per heavy atom. The van der Waals surface area contributed by atoms with Crippen LogP contribution >= 0.6 is 0 Å². The summed E-state index contributed by atoms with van der Waals surface area (Å²) >= 11 is 0. The van der Waals surface area contributed by atoms with Gasteiger partial charge < -0.3 is 15.4 Å². The number of rotatable bonds is 5. The Labute approximate surface area is 122 Å². The highest BCUT2D eigenvalue weighted by molar-refractivity contribution is 5.92. The topological polar surface area (TPSA) is 50.4 Å². The highest BCUT2D eigenvalue weighted by atomic mass is 19.1. The van der Waals surface area contributed by atoms with Gasteiger partial charge in [-0.15, -0.1) is 0 Å². The van der Waals surface area contributed by atoms with Crippen LogP contribution in [0.15, 0.2) is 18.2 Å². The lowest BCUT2D eigenvalue weighted by Crippen LogP contribution is -2.39. The molecule has 1 saturated heterocycles. The van der Waals surface area contributed by atoms with Crippen molar-refractivity contribution in [3.8, 4) is 0 Å². The minimum atomic E-state index is -0.778. The van der Waals surface area contributed by atoms with Gasteiger partial charge in [0.15, 0.2) is 0 Å². The summed E-state index contributed by atoms with van der Waals surface area (Å²) in [5.74, 6) is -2.02. The molecule has 0 aromatic heterocycles. The molecule has 0 spiro atoms. The molecule has 0 unspecified atom stereocenters. The van der Waals surface area contributed by atoms with Crippen molar-refractivity contribution in [1.29, 1.82) is 0 Å². The second-order valence-electron chi connectivity index (χ2n) is 5.67. The van der Waals surface area contributed by atoms with Crippen molar-refractivity contribution in [3.05, 3.63) is 29.8 Å². The molecule has 0 aliphatic carbocycles. The molecular weight excluding hydrogens is 278 g/mol. The molecule has 1 aliphatic rings. The average Bonchev–Trinajstić information content (AvgIpc) is 2.44. The summed E-state index contributed by atoms with van der Waals surface area (Å²) < 4.78 is 32.1. The lowest BCUT2D eigenvalue weighted by atomic mass is 9.82. The van der Waals surface area contributed by atoms with Crippen LogP contribution in [-0.2, 0) is 9.53 Å². The minimum absolute atomic E-state index is 0.0181. The molecule has 6 heteroatoms. The zero-order valence-corrected chi connectivity index (χ0v) is 12.0. The van der Waals surface area contributed by atoms with Gasteiger partial charge in [0.2, 0.25) is 5.91 Å². The molecule has 1 aliphatic heterocycles. The SMILES string of the molecule is CC1(CNCC(=O)Nc2c(F)cccc2F)CCOCC1. The van der Waals surface area contributed by atoms with E-state index in [4.69, 9.17) is 4.74 Å². The number of hydrogen-bond donors (Lipinski definition) is 2. The van der Waals surface area contributed by atoms with Crippen LogP contribution in [0.1, 0.15) is 19.8 Å². The number of benzene rings is 1. The fraction of sp³-hybridized carbons (Fsp3) is 0.533. The Balaban J connectivity index is 1.80. The molecular formula is C15H20F2N2O2. The third kappa shape index (κ3) is 4.47. The average molecular weight is 298 g/mol. The van der Waals surface area contributed by atoms with E-state index in [0.717, 1.165) is 38.2 Å². The fourth-order valence-corrected chi connectivity index (χ4v) is 2.32. The predicted molar refractivity (Wildman–Crippen MR) is 76.0 cm³/mol. The maximum Gasteiger partial charge on any atom is 0.238 e. The van der Waals surface area contributed by atoms with Gasteiger partial charge in [-0.25, -0.2) is 8.78 Å². The predicted octanol–water partition coefficient (Wildman–Crippen LogP) is 2.31. The number of carbonyl (C=O) groups is 1. The van der Waals surface area contributed by atoms with Crippen LogP contribution < -0.4 is 10.6 Å². The number of amides is 1. The molecule has 1 fully saturated rings. The van der Waals surface area contributed by atoms with Gasteiger partial charge in [-0.05, 0) is 30.4 Å². The maximum atomic E-state index is 13.4. The summed E-state index contributed by atoms with van der Waals surface area (Å²) in [7, 11) is 0. The molecule has 1 aromatic rings. The summed E-state index contributed by atoms with van der Waals surface area (Å²) in [6.07, 6.45) is 1.87. The van der Waals surface area contributed by atoms with E-state index in [1.807, 2.05) is 0 Å². The summed E-state index contributed by atoms with van der Waals surface area (Å²) in [4.78, 5) is 11.7. The first-order chi connectivity index (χ1) is 10.0. The number of nitrogens with one attached hydrogen (secondary N) is 2. The summed E-state index contributed by atoms with van der Waals surface area (Å²) in [5.41, 5.74) is -0.302. The Kier molecular flexibility index (Phi) is 5.25. The lowest BCUT2D eigenvalue weighted by Gasteiger charge is -2.33. The molecule has 1 heterocycles. The van der Waals surface area contributed by atoms with Crippen molar-refractivity contribution in [2.24, 2.45) is 5.41 Å². The van der Waals surface area contributed by atoms with Crippen LogP contribution in [0.4, 0.5) is 14.5 Å². The molecule has 2 N–H and O–H groups in total. The minimum Gasteiger partial charge on any atom is -0.381 e. The van der Waals surface area contributed by atoms with Gasteiger partial charge in [0.25, 0.3) is 0 Å². The first-order valence-corrected chi connectivity index (χ1v) is 7.02. The third-order valence-electron chi connectivity index (χ3n) is 3.76. The zero-order valence-electron chi connectivity index (χ0n) is 12.0. The molecule has 1 amide bonds. The van der Waals surface area contributed by atoms with Crippen molar-refractivity contribution in [1.82, 2.24) is 5.32 Å². The largest absolute Gasteiger partial charge is 0.381 e. The van der Waals surface area contributed by atoms with Crippen LogP contribution in [0.3, 0.4) is 0 Å². The summed E-state index contributed by atoms with van der Waals surface area (Å²) in [6.45, 7) is 4.28. The Hall–Kier alpha value is -1.53. The van der Waals surface area contributed by atoms with E-state index < -0.39 is 23.2 Å². The highest BCUT2D eigenvalue weighted by Gasteiger charge is 2.27. The first kappa shape index (κ1) is 15.9. The van der Waals surface area contributed by atoms with E-state index in [1.54, 1.807) is 0 Å². The molecule has 0 saturated carbocycles. The van der Waals surface area contributed by atoms with Crippen molar-refractivity contribution < 1.29 is 18.3 Å². The van der Waals surface area contributed by atoms with E-state index in [1.165, 1.54) is 6.07 Å². The highest BCUT2D eigenvalue weighted by Crippen LogP contribution is 2.28. The molecule has 21 heavy (non-hydrogen) atoms. The van der Waals surface area contributed by atoms with Crippen molar-refractivity contribution in [3.63, 3.8) is 0 Å². The summed E-state index contributed by atoms with van der Waals surface area (Å²) in [6, 6.07) is 3.47. The smallest absolute Gasteiger partial charge is 0.238 e. The van der Waals surface area contributed by atoms with Crippen molar-refractivity contribution in [2.75, 3.05) is 31.6 Å². The number of anilines is 1. The van der Waals surface area contributed by atoms with Gasteiger partial charge in [0.05, 0.1) is 6.54 Å².